The van der Waals surface area contributed by atoms with E-state index in [0.29, 0.717) is 5.45 Å². The van der Waals surface area contributed by atoms with Crippen LogP contribution < -0.4 is 5.32 Å². The van der Waals surface area contributed by atoms with Crippen molar-refractivity contribution >= 4 is 15.9 Å². The van der Waals surface area contributed by atoms with Gasteiger partial charge in [-0.3, -0.25) is 5.32 Å². The fourth-order valence-electron chi connectivity index (χ4n) is 0.250. The molecule has 2 atom stereocenters. The van der Waals surface area contributed by atoms with Crippen molar-refractivity contribution in [1.82, 2.24) is 5.32 Å². The Morgan fingerprint density at radius 2 is 2.12 bits per heavy atom. The second kappa shape index (κ2) is 4.26. The van der Waals surface area contributed by atoms with Gasteiger partial charge in [-0.1, -0.05) is 15.9 Å². The van der Waals surface area contributed by atoms with E-state index in [9.17, 15) is 0 Å². The molecule has 0 bridgehead atoms. The van der Waals surface area contributed by atoms with Crippen molar-refractivity contribution in [1.29, 1.82) is 0 Å². The van der Waals surface area contributed by atoms with Crippen LogP contribution in [0.5, 0.6) is 0 Å². The van der Waals surface area contributed by atoms with Gasteiger partial charge in [0.05, 0.1) is 11.6 Å². The van der Waals surface area contributed by atoms with E-state index < -0.39 is 12.3 Å². The van der Waals surface area contributed by atoms with Gasteiger partial charge in [-0.25, -0.2) is 0 Å². The average molecular weight is 184 g/mol. The highest BCUT2D eigenvalue weighted by molar-refractivity contribution is 9.09. The first-order valence-electron chi connectivity index (χ1n) is 2.34. The highest BCUT2D eigenvalue weighted by atomic mass is 79.9. The molecule has 0 saturated carbocycles. The van der Waals surface area contributed by atoms with Crippen molar-refractivity contribution < 1.29 is 10.2 Å². The predicted octanol–water partition coefficient (Wildman–Crippen LogP) is -0.372. The number of aliphatic hydroxyl groups excluding tert-OH is 2. The molecular formula is C4H10BrNO2. The lowest BCUT2D eigenvalue weighted by atomic mass is 10.4. The zero-order valence-corrected chi connectivity index (χ0v) is 6.22. The molecule has 0 aromatic rings. The molecule has 0 aliphatic rings. The minimum Gasteiger partial charge on any atom is -0.389 e. The molecule has 0 spiro atoms. The number of hydrogen-bond acceptors (Lipinski definition) is 3. The minimum absolute atomic E-state index is 0.485. The van der Waals surface area contributed by atoms with E-state index in [1.807, 2.05) is 0 Å². The molecule has 0 radical (unpaired) electrons. The number of rotatable bonds is 3. The fraction of sp³-hybridized carbons (Fsp3) is 1.00. The Hall–Kier alpha value is 0.360. The maximum atomic E-state index is 8.74. The maximum Gasteiger partial charge on any atom is 0.131 e. The summed E-state index contributed by atoms with van der Waals surface area (Å²) in [6, 6.07) is 0. The Morgan fingerprint density at radius 3 is 2.25 bits per heavy atom. The molecule has 50 valence electrons. The highest BCUT2D eigenvalue weighted by Gasteiger charge is 2.06. The lowest BCUT2D eigenvalue weighted by molar-refractivity contribution is 0.0135. The van der Waals surface area contributed by atoms with Crippen LogP contribution in [0.15, 0.2) is 0 Å². The summed E-state index contributed by atoms with van der Waals surface area (Å²) >= 11 is 3.04. The molecular weight excluding hydrogens is 174 g/mol. The Labute approximate surface area is 56.8 Å². The Kier molecular flexibility index (Phi) is 4.45. The van der Waals surface area contributed by atoms with Crippen molar-refractivity contribution in [2.75, 3.05) is 5.45 Å². The van der Waals surface area contributed by atoms with Crippen LogP contribution in [0.3, 0.4) is 0 Å². The van der Waals surface area contributed by atoms with E-state index >= 15 is 0 Å². The predicted molar refractivity (Wildman–Crippen MR) is 34.6 cm³/mol. The average Bonchev–Trinajstić information content (AvgIpc) is 1.67. The van der Waals surface area contributed by atoms with Crippen molar-refractivity contribution in [3.8, 4) is 0 Å². The highest BCUT2D eigenvalue weighted by Crippen LogP contribution is 1.86. The summed E-state index contributed by atoms with van der Waals surface area (Å²) in [6.07, 6.45) is -1.54. The molecule has 0 rings (SSSR count). The summed E-state index contributed by atoms with van der Waals surface area (Å²) in [4.78, 5) is 0. The third kappa shape index (κ3) is 3.37. The molecule has 0 fully saturated rings. The Bertz CT molecular complexity index is 60.0. The van der Waals surface area contributed by atoms with E-state index in [2.05, 4.69) is 21.2 Å². The maximum absolute atomic E-state index is 8.74. The monoisotopic (exact) mass is 183 g/mol. The summed E-state index contributed by atoms with van der Waals surface area (Å²) < 4.78 is 0. The van der Waals surface area contributed by atoms with Gasteiger partial charge in [-0.05, 0) is 6.92 Å². The molecule has 4 heteroatoms. The third-order valence-corrected chi connectivity index (χ3v) is 1.07. The normalized spacial score (nSPS) is 18.0. The first-order valence-corrected chi connectivity index (χ1v) is 3.46. The van der Waals surface area contributed by atoms with Crippen molar-refractivity contribution in [2.45, 2.75) is 19.3 Å². The van der Waals surface area contributed by atoms with E-state index in [1.54, 1.807) is 0 Å². The molecule has 0 aliphatic heterocycles. The van der Waals surface area contributed by atoms with Gasteiger partial charge in [-0.15, -0.1) is 0 Å². The second-order valence-electron chi connectivity index (χ2n) is 1.52. The van der Waals surface area contributed by atoms with Crippen molar-refractivity contribution in [3.63, 3.8) is 0 Å². The molecule has 0 aliphatic carbocycles. The van der Waals surface area contributed by atoms with Gasteiger partial charge in [0, 0.05) is 0 Å². The van der Waals surface area contributed by atoms with Crippen LogP contribution in [0.4, 0.5) is 0 Å². The molecule has 3 nitrogen and oxygen atoms in total. The van der Waals surface area contributed by atoms with Crippen LogP contribution >= 0.6 is 15.9 Å². The second-order valence-corrected chi connectivity index (χ2v) is 2.08. The molecule has 0 aromatic heterocycles. The van der Waals surface area contributed by atoms with Crippen LogP contribution in [0.1, 0.15) is 6.92 Å². The van der Waals surface area contributed by atoms with Crippen molar-refractivity contribution in [3.05, 3.63) is 0 Å². The standard InChI is InChI=1S/C4H10BrNO2/c1-3(7)4(8)6-2-5/h3-4,6-8H,2H2,1H3. The topological polar surface area (TPSA) is 52.5 Å². The lowest BCUT2D eigenvalue weighted by Gasteiger charge is -2.12. The van der Waals surface area contributed by atoms with Crippen LogP contribution in [-0.2, 0) is 0 Å². The van der Waals surface area contributed by atoms with Gasteiger partial charge >= 0.3 is 0 Å². The number of hydrogen-bond donors (Lipinski definition) is 3. The molecule has 0 heterocycles. The van der Waals surface area contributed by atoms with Gasteiger partial charge in [0.1, 0.15) is 6.23 Å². The minimum atomic E-state index is -0.825. The quantitative estimate of drug-likeness (QED) is 0.318. The summed E-state index contributed by atoms with van der Waals surface area (Å²) in [5, 5.41) is 19.9. The van der Waals surface area contributed by atoms with Gasteiger partial charge < -0.3 is 10.2 Å². The first-order chi connectivity index (χ1) is 3.68. The summed E-state index contributed by atoms with van der Waals surface area (Å²) in [6.45, 7) is 1.51. The van der Waals surface area contributed by atoms with E-state index in [4.69, 9.17) is 10.2 Å². The number of alkyl halides is 1. The zero-order valence-electron chi connectivity index (χ0n) is 4.63. The van der Waals surface area contributed by atoms with Crippen LogP contribution in [0.25, 0.3) is 0 Å². The largest absolute Gasteiger partial charge is 0.389 e. The van der Waals surface area contributed by atoms with Crippen LogP contribution in [0.2, 0.25) is 0 Å². The Morgan fingerprint density at radius 1 is 1.62 bits per heavy atom. The number of aliphatic hydroxyl groups is 2. The summed E-state index contributed by atoms with van der Waals surface area (Å²) in [5.41, 5.74) is 0.485. The fourth-order valence-corrected chi connectivity index (χ4v) is 0.581. The zero-order chi connectivity index (χ0) is 6.57. The van der Waals surface area contributed by atoms with Crippen molar-refractivity contribution in [2.24, 2.45) is 0 Å². The Balaban J connectivity index is 3.17. The third-order valence-electron chi connectivity index (χ3n) is 0.743. The number of halogens is 1. The SMILES string of the molecule is CC(O)C(O)NCBr. The molecule has 3 N–H and O–H groups in total. The molecule has 0 amide bonds. The molecule has 8 heavy (non-hydrogen) atoms. The smallest absolute Gasteiger partial charge is 0.131 e. The molecule has 0 saturated heterocycles. The molecule has 0 aromatic carbocycles. The van der Waals surface area contributed by atoms with Gasteiger partial charge in [-0.2, -0.15) is 0 Å². The van der Waals surface area contributed by atoms with Gasteiger partial charge in [0.2, 0.25) is 0 Å². The first kappa shape index (κ1) is 8.36. The summed E-state index contributed by atoms with van der Waals surface area (Å²) in [5.74, 6) is 0. The van der Waals surface area contributed by atoms with Crippen LogP contribution in [0, 0.1) is 0 Å². The van der Waals surface area contributed by atoms with Gasteiger partial charge in [0.15, 0.2) is 0 Å². The molecule has 2 unspecified atom stereocenters. The van der Waals surface area contributed by atoms with Crippen LogP contribution in [-0.4, -0.2) is 28.0 Å². The lowest BCUT2D eigenvalue weighted by Crippen LogP contribution is -2.36. The van der Waals surface area contributed by atoms with E-state index in [1.165, 1.54) is 6.92 Å². The number of nitrogens with one attached hydrogen (secondary N) is 1. The van der Waals surface area contributed by atoms with Gasteiger partial charge in [0.25, 0.3) is 0 Å². The summed E-state index contributed by atoms with van der Waals surface area (Å²) in [7, 11) is 0. The van der Waals surface area contributed by atoms with E-state index in [0.717, 1.165) is 0 Å². The van der Waals surface area contributed by atoms with E-state index in [-0.39, 0.29) is 0 Å².